The van der Waals surface area contributed by atoms with Crippen LogP contribution >= 0.6 is 0 Å². The number of hydrogen-bond donors (Lipinski definition) is 3. The van der Waals surface area contributed by atoms with Gasteiger partial charge in [-0.05, 0) is 5.92 Å². The van der Waals surface area contributed by atoms with E-state index in [-0.39, 0.29) is 22.8 Å². The predicted molar refractivity (Wildman–Crippen MR) is 79.6 cm³/mol. The molecule has 0 radical (unpaired) electrons. The fourth-order valence-electron chi connectivity index (χ4n) is 1.85. The Balaban J connectivity index is 2.34. The molecule has 0 aromatic carbocycles. The first-order chi connectivity index (χ1) is 10.9. The summed E-state index contributed by atoms with van der Waals surface area (Å²) in [5.41, 5.74) is -0.0633. The summed E-state index contributed by atoms with van der Waals surface area (Å²) < 4.78 is 6.91. The van der Waals surface area contributed by atoms with Crippen molar-refractivity contribution in [2.24, 2.45) is 5.92 Å². The van der Waals surface area contributed by atoms with Crippen molar-refractivity contribution in [3.05, 3.63) is 18.0 Å². The number of rotatable bonds is 7. The van der Waals surface area contributed by atoms with Gasteiger partial charge in [0.15, 0.2) is 5.65 Å². The van der Waals surface area contributed by atoms with E-state index in [2.05, 4.69) is 15.4 Å². The summed E-state index contributed by atoms with van der Waals surface area (Å²) in [6.07, 6.45) is 2.15. The number of nitrogens with one attached hydrogen (secondary N) is 1. The summed E-state index contributed by atoms with van der Waals surface area (Å²) in [7, 11) is 0. The van der Waals surface area contributed by atoms with Gasteiger partial charge in [-0.25, -0.2) is 4.98 Å². The molecule has 0 fully saturated rings. The average Bonchev–Trinajstić information content (AvgIpc) is 2.99. The van der Waals surface area contributed by atoms with Crippen molar-refractivity contribution in [2.45, 2.75) is 20.3 Å². The predicted octanol–water partition coefficient (Wildman–Crippen LogP) is 0.674. The van der Waals surface area contributed by atoms with Crippen molar-refractivity contribution in [3.8, 4) is 11.6 Å². The topological polar surface area (TPSA) is 126 Å². The molecule has 0 spiro atoms. The maximum atomic E-state index is 12.0. The second kappa shape index (κ2) is 6.95. The van der Waals surface area contributed by atoms with Gasteiger partial charge in [0.25, 0.3) is 5.91 Å². The molecule has 9 heteroatoms. The van der Waals surface area contributed by atoms with E-state index in [1.807, 2.05) is 13.8 Å². The molecule has 0 unspecified atom stereocenters. The molecule has 0 saturated carbocycles. The van der Waals surface area contributed by atoms with Crippen molar-refractivity contribution in [1.82, 2.24) is 19.9 Å². The number of aromatic nitrogens is 3. The number of aromatic hydroxyl groups is 1. The first-order valence-electron chi connectivity index (χ1n) is 7.12. The van der Waals surface area contributed by atoms with Crippen LogP contribution in [-0.2, 0) is 4.79 Å². The van der Waals surface area contributed by atoms with Crippen LogP contribution in [0.2, 0.25) is 0 Å². The van der Waals surface area contributed by atoms with E-state index >= 15 is 0 Å². The van der Waals surface area contributed by atoms with Gasteiger partial charge in [0.2, 0.25) is 5.88 Å². The standard InChI is InChI=1S/C14H18N4O5/c1-3-8(2)6-23-10-4-9(19)12(13-16-7-17-18(10)13)14(22)15-5-11(20)21/h4,7-8,19H,3,5-6H2,1-2H3,(H,15,22)(H,20,21)/t8-/m0/s1. The highest BCUT2D eigenvalue weighted by Crippen LogP contribution is 2.27. The molecule has 9 nitrogen and oxygen atoms in total. The monoisotopic (exact) mass is 322 g/mol. The lowest BCUT2D eigenvalue weighted by Crippen LogP contribution is -2.29. The summed E-state index contributed by atoms with van der Waals surface area (Å²) in [6, 6.07) is 1.26. The van der Waals surface area contributed by atoms with Crippen LogP contribution in [0.3, 0.4) is 0 Å². The average molecular weight is 322 g/mol. The lowest BCUT2D eigenvalue weighted by Gasteiger charge is -2.13. The molecule has 0 bridgehead atoms. The summed E-state index contributed by atoms with van der Waals surface area (Å²) in [6.45, 7) is 3.92. The Hall–Kier alpha value is -2.84. The highest BCUT2D eigenvalue weighted by molar-refractivity contribution is 6.03. The van der Waals surface area contributed by atoms with Gasteiger partial charge in [-0.15, -0.1) is 0 Å². The Kier molecular flexibility index (Phi) is 4.99. The Bertz CT molecular complexity index is 727. The van der Waals surface area contributed by atoms with E-state index in [0.717, 1.165) is 6.42 Å². The van der Waals surface area contributed by atoms with E-state index < -0.39 is 18.4 Å². The van der Waals surface area contributed by atoms with Gasteiger partial charge < -0.3 is 20.3 Å². The summed E-state index contributed by atoms with van der Waals surface area (Å²) >= 11 is 0. The van der Waals surface area contributed by atoms with Gasteiger partial charge in [0.05, 0.1) is 6.61 Å². The molecule has 0 aliphatic rings. The quantitative estimate of drug-likeness (QED) is 0.684. The largest absolute Gasteiger partial charge is 0.507 e. The number of fused-ring (bicyclic) bond motifs is 1. The fourth-order valence-corrected chi connectivity index (χ4v) is 1.85. The van der Waals surface area contributed by atoms with Crippen LogP contribution in [0.15, 0.2) is 12.4 Å². The van der Waals surface area contributed by atoms with Gasteiger partial charge in [-0.3, -0.25) is 9.59 Å². The number of nitrogens with zero attached hydrogens (tertiary/aromatic N) is 3. The summed E-state index contributed by atoms with van der Waals surface area (Å²) in [4.78, 5) is 26.5. The van der Waals surface area contributed by atoms with Crippen LogP contribution in [0.25, 0.3) is 5.65 Å². The molecule has 2 rings (SSSR count). The molecular formula is C14H18N4O5. The van der Waals surface area contributed by atoms with Crippen LogP contribution in [0, 0.1) is 5.92 Å². The highest BCUT2D eigenvalue weighted by atomic mass is 16.5. The Morgan fingerprint density at radius 2 is 2.22 bits per heavy atom. The third kappa shape index (κ3) is 3.68. The molecule has 23 heavy (non-hydrogen) atoms. The minimum Gasteiger partial charge on any atom is -0.507 e. The lowest BCUT2D eigenvalue weighted by atomic mass is 10.1. The SMILES string of the molecule is CC[C@H](C)COc1cc(O)c(C(=O)NCC(=O)O)c2ncnn12. The van der Waals surface area contributed by atoms with Crippen LogP contribution < -0.4 is 10.1 Å². The van der Waals surface area contributed by atoms with Crippen molar-refractivity contribution in [2.75, 3.05) is 13.2 Å². The van der Waals surface area contributed by atoms with Crippen LogP contribution in [-0.4, -0.2) is 49.8 Å². The van der Waals surface area contributed by atoms with Gasteiger partial charge in [0.1, 0.15) is 24.2 Å². The van der Waals surface area contributed by atoms with Gasteiger partial charge in [0, 0.05) is 6.07 Å². The Morgan fingerprint density at radius 1 is 1.48 bits per heavy atom. The highest BCUT2D eigenvalue weighted by Gasteiger charge is 2.21. The van der Waals surface area contributed by atoms with Gasteiger partial charge in [-0.1, -0.05) is 20.3 Å². The van der Waals surface area contributed by atoms with E-state index in [4.69, 9.17) is 9.84 Å². The number of carbonyl (C=O) groups is 2. The molecule has 0 saturated heterocycles. The van der Waals surface area contributed by atoms with Crippen LogP contribution in [0.4, 0.5) is 0 Å². The summed E-state index contributed by atoms with van der Waals surface area (Å²) in [5.74, 6) is -1.73. The third-order valence-corrected chi connectivity index (χ3v) is 3.34. The van der Waals surface area contributed by atoms with Crippen molar-refractivity contribution in [1.29, 1.82) is 0 Å². The minimum absolute atomic E-state index is 0.0899. The lowest BCUT2D eigenvalue weighted by molar-refractivity contribution is -0.135. The van der Waals surface area contributed by atoms with Crippen molar-refractivity contribution in [3.63, 3.8) is 0 Å². The molecule has 1 atom stereocenters. The molecule has 2 aromatic rings. The number of pyridine rings is 1. The number of amides is 1. The maximum absolute atomic E-state index is 12.0. The molecular weight excluding hydrogens is 304 g/mol. The van der Waals surface area contributed by atoms with Gasteiger partial charge >= 0.3 is 5.97 Å². The number of carboxylic acid groups (broad SMARTS) is 1. The second-order valence-electron chi connectivity index (χ2n) is 5.14. The first-order valence-corrected chi connectivity index (χ1v) is 7.12. The molecule has 1 amide bonds. The van der Waals surface area contributed by atoms with E-state index in [1.54, 1.807) is 0 Å². The molecule has 0 aliphatic carbocycles. The van der Waals surface area contributed by atoms with Crippen LogP contribution in [0.5, 0.6) is 11.6 Å². The zero-order valence-corrected chi connectivity index (χ0v) is 12.8. The maximum Gasteiger partial charge on any atom is 0.322 e. The third-order valence-electron chi connectivity index (χ3n) is 3.34. The normalized spacial score (nSPS) is 12.1. The van der Waals surface area contributed by atoms with E-state index in [0.29, 0.717) is 12.5 Å². The number of ether oxygens (including phenoxy) is 1. The number of carboxylic acids is 1. The van der Waals surface area contributed by atoms with Crippen molar-refractivity contribution < 1.29 is 24.5 Å². The smallest absolute Gasteiger partial charge is 0.322 e. The molecule has 124 valence electrons. The van der Waals surface area contributed by atoms with Crippen LogP contribution in [0.1, 0.15) is 30.6 Å². The first kappa shape index (κ1) is 16.5. The van der Waals surface area contributed by atoms with E-state index in [1.165, 1.54) is 16.9 Å². The van der Waals surface area contributed by atoms with Gasteiger partial charge in [-0.2, -0.15) is 9.61 Å². The molecule has 0 aliphatic heterocycles. The second-order valence-corrected chi connectivity index (χ2v) is 5.14. The number of aliphatic carboxylic acids is 1. The summed E-state index contributed by atoms with van der Waals surface area (Å²) in [5, 5.41) is 24.9. The number of carbonyl (C=O) groups excluding carboxylic acids is 1. The minimum atomic E-state index is -1.19. The molecule has 3 N–H and O–H groups in total. The molecule has 2 heterocycles. The Labute approximate surface area is 131 Å². The Morgan fingerprint density at radius 3 is 2.87 bits per heavy atom. The van der Waals surface area contributed by atoms with Crippen molar-refractivity contribution >= 4 is 17.5 Å². The fraction of sp³-hybridized carbons (Fsp3) is 0.429. The molecule has 2 aromatic heterocycles. The number of hydrogen-bond acceptors (Lipinski definition) is 6. The van der Waals surface area contributed by atoms with E-state index in [9.17, 15) is 14.7 Å². The zero-order valence-electron chi connectivity index (χ0n) is 12.8. The zero-order chi connectivity index (χ0) is 17.0.